The van der Waals surface area contributed by atoms with Crippen LogP contribution in [0.1, 0.15) is 24.1 Å². The van der Waals surface area contributed by atoms with Gasteiger partial charge in [0.05, 0.1) is 18.2 Å². The summed E-state index contributed by atoms with van der Waals surface area (Å²) in [5, 5.41) is 6.06. The fourth-order valence-corrected chi connectivity index (χ4v) is 4.81. The Bertz CT molecular complexity index is 817. The SMILES string of the molecule is O=C1C[C@@H](NCC2CCN(Cc3cccs3)CC2)C(=O)N1c1ccc(Cl)cc1. The van der Waals surface area contributed by atoms with Crippen molar-refractivity contribution >= 4 is 40.4 Å². The van der Waals surface area contributed by atoms with Crippen molar-refractivity contribution in [2.45, 2.75) is 31.8 Å². The minimum absolute atomic E-state index is 0.157. The fraction of sp³-hybridized carbons (Fsp3) is 0.429. The molecule has 2 aliphatic rings. The second kappa shape index (κ2) is 8.74. The van der Waals surface area contributed by atoms with Gasteiger partial charge in [0.1, 0.15) is 0 Å². The Balaban J connectivity index is 1.26. The molecular weight excluding hydrogens is 394 g/mol. The van der Waals surface area contributed by atoms with Gasteiger partial charge in [-0.1, -0.05) is 17.7 Å². The normalized spacial score (nSPS) is 21.6. The number of piperidine rings is 1. The highest BCUT2D eigenvalue weighted by Crippen LogP contribution is 2.25. The lowest BCUT2D eigenvalue weighted by molar-refractivity contribution is -0.121. The average Bonchev–Trinajstić information content (AvgIpc) is 3.30. The van der Waals surface area contributed by atoms with Crippen LogP contribution >= 0.6 is 22.9 Å². The van der Waals surface area contributed by atoms with Gasteiger partial charge in [0, 0.05) is 16.4 Å². The molecule has 0 aliphatic carbocycles. The maximum atomic E-state index is 12.7. The van der Waals surface area contributed by atoms with E-state index < -0.39 is 6.04 Å². The molecule has 0 spiro atoms. The molecule has 0 saturated carbocycles. The number of anilines is 1. The summed E-state index contributed by atoms with van der Waals surface area (Å²) >= 11 is 7.71. The van der Waals surface area contributed by atoms with E-state index in [1.165, 1.54) is 9.78 Å². The van der Waals surface area contributed by atoms with Crippen molar-refractivity contribution in [2.24, 2.45) is 5.92 Å². The van der Waals surface area contributed by atoms with Crippen molar-refractivity contribution in [3.05, 3.63) is 51.7 Å². The summed E-state index contributed by atoms with van der Waals surface area (Å²) in [4.78, 5) is 30.2. The predicted octanol–water partition coefficient (Wildman–Crippen LogP) is 3.54. The van der Waals surface area contributed by atoms with E-state index in [9.17, 15) is 9.59 Å². The molecule has 2 aromatic rings. The highest BCUT2D eigenvalue weighted by atomic mass is 35.5. The molecule has 148 valence electrons. The molecule has 4 rings (SSSR count). The molecule has 1 aromatic carbocycles. The van der Waals surface area contributed by atoms with E-state index in [4.69, 9.17) is 11.6 Å². The number of nitrogens with zero attached hydrogens (tertiary/aromatic N) is 2. The lowest BCUT2D eigenvalue weighted by Crippen LogP contribution is -2.43. The van der Waals surface area contributed by atoms with Gasteiger partial charge in [-0.3, -0.25) is 14.5 Å². The summed E-state index contributed by atoms with van der Waals surface area (Å²) in [6.45, 7) is 3.98. The molecule has 2 amide bonds. The molecule has 5 nitrogen and oxygen atoms in total. The lowest BCUT2D eigenvalue weighted by atomic mass is 9.96. The summed E-state index contributed by atoms with van der Waals surface area (Å²) < 4.78 is 0. The topological polar surface area (TPSA) is 52.7 Å². The zero-order chi connectivity index (χ0) is 19.5. The first-order chi connectivity index (χ1) is 13.6. The first-order valence-corrected chi connectivity index (χ1v) is 11.0. The van der Waals surface area contributed by atoms with Crippen molar-refractivity contribution in [3.8, 4) is 0 Å². The van der Waals surface area contributed by atoms with E-state index in [1.54, 1.807) is 24.3 Å². The zero-order valence-electron chi connectivity index (χ0n) is 15.6. The van der Waals surface area contributed by atoms with E-state index in [2.05, 4.69) is 27.7 Å². The monoisotopic (exact) mass is 417 g/mol. The number of imide groups is 1. The van der Waals surface area contributed by atoms with E-state index in [0.717, 1.165) is 39.0 Å². The number of carbonyl (C=O) groups is 2. The molecule has 1 atom stereocenters. The third-order valence-electron chi connectivity index (χ3n) is 5.55. The number of likely N-dealkylation sites (tertiary alicyclic amines) is 1. The van der Waals surface area contributed by atoms with Crippen molar-refractivity contribution in [1.82, 2.24) is 10.2 Å². The second-order valence-corrected chi connectivity index (χ2v) is 8.98. The van der Waals surface area contributed by atoms with Gasteiger partial charge in [-0.15, -0.1) is 11.3 Å². The molecule has 28 heavy (non-hydrogen) atoms. The van der Waals surface area contributed by atoms with Gasteiger partial charge in [-0.25, -0.2) is 4.90 Å². The van der Waals surface area contributed by atoms with Gasteiger partial charge in [-0.05, 0) is 74.1 Å². The molecule has 1 aromatic heterocycles. The number of benzene rings is 1. The molecular formula is C21H24ClN3O2S. The van der Waals surface area contributed by atoms with Crippen LogP contribution in [0.4, 0.5) is 5.69 Å². The van der Waals surface area contributed by atoms with Crippen LogP contribution in [-0.4, -0.2) is 42.4 Å². The number of rotatable bonds is 6. The molecule has 1 N–H and O–H groups in total. The molecule has 0 unspecified atom stereocenters. The van der Waals surface area contributed by atoms with Crippen LogP contribution in [0.15, 0.2) is 41.8 Å². The molecule has 2 saturated heterocycles. The van der Waals surface area contributed by atoms with Gasteiger partial charge in [0.25, 0.3) is 5.91 Å². The van der Waals surface area contributed by atoms with Crippen LogP contribution in [0.5, 0.6) is 0 Å². The molecule has 0 bridgehead atoms. The van der Waals surface area contributed by atoms with Crippen LogP contribution in [0.2, 0.25) is 5.02 Å². The van der Waals surface area contributed by atoms with Gasteiger partial charge in [-0.2, -0.15) is 0 Å². The van der Waals surface area contributed by atoms with Crippen molar-refractivity contribution in [1.29, 1.82) is 0 Å². The number of amides is 2. The standard InChI is InChI=1S/C21H24ClN3O2S/c22-16-3-5-17(6-4-16)25-20(26)12-19(21(25)27)23-13-15-7-9-24(10-8-15)14-18-2-1-11-28-18/h1-6,11,15,19,23H,7-10,12-14H2/t19-/m1/s1. The maximum Gasteiger partial charge on any atom is 0.251 e. The number of thiophene rings is 1. The van der Waals surface area contributed by atoms with Crippen molar-refractivity contribution < 1.29 is 9.59 Å². The molecule has 2 aliphatic heterocycles. The Morgan fingerprint density at radius 1 is 1.11 bits per heavy atom. The molecule has 3 heterocycles. The Morgan fingerprint density at radius 3 is 2.54 bits per heavy atom. The minimum Gasteiger partial charge on any atom is -0.305 e. The van der Waals surface area contributed by atoms with E-state index in [0.29, 0.717) is 16.6 Å². The summed E-state index contributed by atoms with van der Waals surface area (Å²) in [7, 11) is 0. The maximum absolute atomic E-state index is 12.7. The van der Waals surface area contributed by atoms with E-state index in [-0.39, 0.29) is 18.2 Å². The minimum atomic E-state index is -0.424. The summed E-state index contributed by atoms with van der Waals surface area (Å²) in [6.07, 6.45) is 2.46. The van der Waals surface area contributed by atoms with Crippen LogP contribution in [0.25, 0.3) is 0 Å². The van der Waals surface area contributed by atoms with Gasteiger partial charge in [0.15, 0.2) is 0 Å². The van der Waals surface area contributed by atoms with Gasteiger partial charge >= 0.3 is 0 Å². The first kappa shape index (κ1) is 19.6. The third kappa shape index (κ3) is 4.46. The van der Waals surface area contributed by atoms with E-state index in [1.807, 2.05) is 11.3 Å². The number of carbonyl (C=O) groups excluding carboxylic acids is 2. The predicted molar refractivity (Wildman–Crippen MR) is 113 cm³/mol. The summed E-state index contributed by atoms with van der Waals surface area (Å²) in [6, 6.07) is 10.7. The van der Waals surface area contributed by atoms with Crippen molar-refractivity contribution in [3.63, 3.8) is 0 Å². The van der Waals surface area contributed by atoms with Gasteiger partial charge in [0.2, 0.25) is 5.91 Å². The Morgan fingerprint density at radius 2 is 1.86 bits per heavy atom. The highest BCUT2D eigenvalue weighted by Gasteiger charge is 2.39. The van der Waals surface area contributed by atoms with Crippen molar-refractivity contribution in [2.75, 3.05) is 24.5 Å². The number of halogens is 1. The second-order valence-electron chi connectivity index (χ2n) is 7.51. The first-order valence-electron chi connectivity index (χ1n) is 9.70. The zero-order valence-corrected chi connectivity index (χ0v) is 17.2. The van der Waals surface area contributed by atoms with E-state index >= 15 is 0 Å². The quantitative estimate of drug-likeness (QED) is 0.730. The number of nitrogens with one attached hydrogen (secondary N) is 1. The van der Waals surface area contributed by atoms with Crippen LogP contribution in [0, 0.1) is 5.92 Å². The highest BCUT2D eigenvalue weighted by molar-refractivity contribution is 7.09. The Labute approximate surface area is 174 Å². The van der Waals surface area contributed by atoms with Crippen LogP contribution in [0.3, 0.4) is 0 Å². The third-order valence-corrected chi connectivity index (χ3v) is 6.66. The molecule has 7 heteroatoms. The van der Waals surface area contributed by atoms with Gasteiger partial charge < -0.3 is 5.32 Å². The Kier molecular flexibility index (Phi) is 6.11. The molecule has 0 radical (unpaired) electrons. The Hall–Kier alpha value is -1.73. The lowest BCUT2D eigenvalue weighted by Gasteiger charge is -2.32. The van der Waals surface area contributed by atoms with Crippen LogP contribution in [-0.2, 0) is 16.1 Å². The number of hydrogen-bond acceptors (Lipinski definition) is 5. The van der Waals surface area contributed by atoms with Crippen LogP contribution < -0.4 is 10.2 Å². The summed E-state index contributed by atoms with van der Waals surface area (Å²) in [5.41, 5.74) is 0.589. The number of hydrogen-bond donors (Lipinski definition) is 1. The average molecular weight is 418 g/mol. The largest absolute Gasteiger partial charge is 0.305 e. The molecule has 2 fully saturated rings. The fourth-order valence-electron chi connectivity index (χ4n) is 3.93. The smallest absolute Gasteiger partial charge is 0.251 e. The summed E-state index contributed by atoms with van der Waals surface area (Å²) in [5.74, 6) is 0.227.